The van der Waals surface area contributed by atoms with Crippen molar-refractivity contribution in [2.24, 2.45) is 0 Å². The normalized spacial score (nSPS) is 13.5. The van der Waals surface area contributed by atoms with Crippen LogP contribution in [0.2, 0.25) is 0 Å². The van der Waals surface area contributed by atoms with Crippen LogP contribution in [0.4, 0.5) is 0 Å². The van der Waals surface area contributed by atoms with E-state index in [2.05, 4.69) is 0 Å². The number of rotatable bonds is 4. The minimum Gasteiger partial charge on any atom is -0.488 e. The highest BCUT2D eigenvalue weighted by Crippen LogP contribution is 2.44. The summed E-state index contributed by atoms with van der Waals surface area (Å²) in [5.41, 5.74) is 0. The lowest BCUT2D eigenvalue weighted by molar-refractivity contribution is 0.0518. The van der Waals surface area contributed by atoms with Crippen LogP contribution in [-0.4, -0.2) is 38.4 Å². The maximum Gasteiger partial charge on any atom is 0.352 e. The zero-order chi connectivity index (χ0) is 14.5. The Hall–Kier alpha value is -1.76. The van der Waals surface area contributed by atoms with Crippen molar-refractivity contribution in [2.45, 2.75) is 20.3 Å². The molecule has 0 fully saturated rings. The molecule has 6 nitrogen and oxygen atoms in total. The largest absolute Gasteiger partial charge is 0.488 e. The van der Waals surface area contributed by atoms with E-state index >= 15 is 0 Å². The van der Waals surface area contributed by atoms with E-state index in [0.717, 1.165) is 11.3 Å². The second-order valence-electron chi connectivity index (χ2n) is 3.91. The van der Waals surface area contributed by atoms with Crippen LogP contribution in [0.1, 0.15) is 39.6 Å². The van der Waals surface area contributed by atoms with Gasteiger partial charge in [0.1, 0.15) is 0 Å². The van der Waals surface area contributed by atoms with Gasteiger partial charge in [-0.2, -0.15) is 0 Å². The predicted octanol–water partition coefficient (Wildman–Crippen LogP) is 2.26. The summed E-state index contributed by atoms with van der Waals surface area (Å²) in [5.74, 6) is -0.465. The molecular formula is C13H16O6S. The van der Waals surface area contributed by atoms with Crippen molar-refractivity contribution in [3.63, 3.8) is 0 Å². The molecule has 1 aliphatic rings. The molecule has 7 heteroatoms. The predicted molar refractivity (Wildman–Crippen MR) is 71.8 cm³/mol. The minimum absolute atomic E-state index is 0.242. The summed E-state index contributed by atoms with van der Waals surface area (Å²) in [6.07, 6.45) is 0.684. The van der Waals surface area contributed by atoms with Crippen LogP contribution < -0.4 is 9.47 Å². The third-order valence-electron chi connectivity index (χ3n) is 2.53. The topological polar surface area (TPSA) is 71.1 Å². The fourth-order valence-corrected chi connectivity index (χ4v) is 2.71. The summed E-state index contributed by atoms with van der Waals surface area (Å²) >= 11 is 0.982. The Morgan fingerprint density at radius 1 is 1.00 bits per heavy atom. The van der Waals surface area contributed by atoms with E-state index < -0.39 is 11.9 Å². The van der Waals surface area contributed by atoms with Crippen molar-refractivity contribution in [2.75, 3.05) is 26.4 Å². The van der Waals surface area contributed by atoms with Crippen LogP contribution in [0.5, 0.6) is 11.5 Å². The van der Waals surface area contributed by atoms with Gasteiger partial charge >= 0.3 is 11.9 Å². The Morgan fingerprint density at radius 3 is 1.85 bits per heavy atom. The van der Waals surface area contributed by atoms with Gasteiger partial charge < -0.3 is 18.9 Å². The fourth-order valence-electron chi connectivity index (χ4n) is 1.73. The lowest BCUT2D eigenvalue weighted by atomic mass is 10.3. The third-order valence-corrected chi connectivity index (χ3v) is 3.64. The number of ether oxygens (including phenoxy) is 4. The van der Waals surface area contributed by atoms with Crippen LogP contribution in [0.3, 0.4) is 0 Å². The van der Waals surface area contributed by atoms with Crippen molar-refractivity contribution < 1.29 is 28.5 Å². The number of carbonyl (C=O) groups is 2. The zero-order valence-corrected chi connectivity index (χ0v) is 12.2. The molecule has 2 heterocycles. The Bertz CT molecular complexity index is 465. The average Bonchev–Trinajstić information content (AvgIpc) is 2.62. The number of hydrogen-bond acceptors (Lipinski definition) is 7. The third kappa shape index (κ3) is 2.87. The Labute approximate surface area is 120 Å². The molecule has 0 aliphatic carbocycles. The Balaban J connectivity index is 2.42. The smallest absolute Gasteiger partial charge is 0.352 e. The lowest BCUT2D eigenvalue weighted by Gasteiger charge is -2.05. The summed E-state index contributed by atoms with van der Waals surface area (Å²) in [6, 6.07) is 0. The minimum atomic E-state index is -0.519. The molecule has 0 radical (unpaired) electrons. The van der Waals surface area contributed by atoms with Gasteiger partial charge in [-0.05, 0) is 13.8 Å². The maximum atomic E-state index is 11.9. The van der Waals surface area contributed by atoms with Gasteiger partial charge in [0.25, 0.3) is 0 Å². The summed E-state index contributed by atoms with van der Waals surface area (Å²) in [7, 11) is 0. The highest BCUT2D eigenvalue weighted by Gasteiger charge is 2.31. The second kappa shape index (κ2) is 6.60. The van der Waals surface area contributed by atoms with Crippen molar-refractivity contribution in [1.82, 2.24) is 0 Å². The molecule has 0 atom stereocenters. The molecule has 20 heavy (non-hydrogen) atoms. The lowest BCUT2D eigenvalue weighted by Crippen LogP contribution is -2.06. The molecule has 1 aromatic rings. The molecule has 0 amide bonds. The van der Waals surface area contributed by atoms with Gasteiger partial charge in [-0.15, -0.1) is 11.3 Å². The first-order chi connectivity index (χ1) is 9.69. The number of thiophene rings is 1. The molecule has 0 aromatic carbocycles. The van der Waals surface area contributed by atoms with E-state index in [1.54, 1.807) is 13.8 Å². The van der Waals surface area contributed by atoms with Gasteiger partial charge in [-0.1, -0.05) is 0 Å². The molecule has 0 bridgehead atoms. The fraction of sp³-hybridized carbons (Fsp3) is 0.538. The van der Waals surface area contributed by atoms with Gasteiger partial charge in [0, 0.05) is 6.42 Å². The van der Waals surface area contributed by atoms with Gasteiger partial charge in [0.2, 0.25) is 0 Å². The maximum absolute atomic E-state index is 11.9. The zero-order valence-electron chi connectivity index (χ0n) is 11.4. The summed E-state index contributed by atoms with van der Waals surface area (Å²) in [5, 5.41) is 0. The van der Waals surface area contributed by atoms with Crippen molar-refractivity contribution >= 4 is 23.3 Å². The van der Waals surface area contributed by atoms with Crippen molar-refractivity contribution in [3.05, 3.63) is 9.75 Å². The van der Waals surface area contributed by atoms with E-state index in [0.29, 0.717) is 19.6 Å². The highest BCUT2D eigenvalue weighted by molar-refractivity contribution is 7.16. The van der Waals surface area contributed by atoms with Crippen LogP contribution in [0, 0.1) is 0 Å². The van der Waals surface area contributed by atoms with Crippen LogP contribution >= 0.6 is 11.3 Å². The molecule has 110 valence electrons. The van der Waals surface area contributed by atoms with Gasteiger partial charge in [0.15, 0.2) is 21.3 Å². The first-order valence-electron chi connectivity index (χ1n) is 6.45. The summed E-state index contributed by atoms with van der Waals surface area (Å²) < 4.78 is 21.0. The van der Waals surface area contributed by atoms with Gasteiger partial charge in [-0.3, -0.25) is 0 Å². The quantitative estimate of drug-likeness (QED) is 0.794. The molecule has 0 unspecified atom stereocenters. The molecule has 0 N–H and O–H groups in total. The van der Waals surface area contributed by atoms with Crippen LogP contribution in [0.15, 0.2) is 0 Å². The van der Waals surface area contributed by atoms with E-state index in [4.69, 9.17) is 18.9 Å². The van der Waals surface area contributed by atoms with E-state index in [-0.39, 0.29) is 34.5 Å². The number of fused-ring (bicyclic) bond motifs is 1. The monoisotopic (exact) mass is 300 g/mol. The average molecular weight is 300 g/mol. The molecule has 1 aliphatic heterocycles. The molecule has 1 aromatic heterocycles. The first-order valence-corrected chi connectivity index (χ1v) is 7.27. The Morgan fingerprint density at radius 2 is 1.45 bits per heavy atom. The molecule has 0 saturated carbocycles. The van der Waals surface area contributed by atoms with E-state index in [1.807, 2.05) is 0 Å². The highest BCUT2D eigenvalue weighted by atomic mass is 32.1. The molecule has 2 rings (SSSR count). The number of esters is 2. The standard InChI is InChI=1S/C13H16O6S/c1-3-16-12(14)10-8-9(19-7-5-6-18-8)11(20-10)13(15)17-4-2/h3-7H2,1-2H3. The first kappa shape index (κ1) is 14.6. The number of carbonyl (C=O) groups excluding carboxylic acids is 2. The van der Waals surface area contributed by atoms with Crippen molar-refractivity contribution in [3.8, 4) is 11.5 Å². The van der Waals surface area contributed by atoms with Crippen molar-refractivity contribution in [1.29, 1.82) is 0 Å². The SMILES string of the molecule is CCOC(=O)c1sc(C(=O)OCC)c2c1OCCCO2. The van der Waals surface area contributed by atoms with E-state index in [1.165, 1.54) is 0 Å². The van der Waals surface area contributed by atoms with Crippen LogP contribution in [-0.2, 0) is 9.47 Å². The van der Waals surface area contributed by atoms with Gasteiger partial charge in [-0.25, -0.2) is 9.59 Å². The second-order valence-corrected chi connectivity index (χ2v) is 4.93. The van der Waals surface area contributed by atoms with Gasteiger partial charge in [0.05, 0.1) is 26.4 Å². The summed E-state index contributed by atoms with van der Waals surface area (Å²) in [6.45, 7) is 4.79. The Kier molecular flexibility index (Phi) is 4.84. The number of hydrogen-bond donors (Lipinski definition) is 0. The molecule has 0 saturated heterocycles. The molecule has 0 spiro atoms. The van der Waals surface area contributed by atoms with E-state index in [9.17, 15) is 9.59 Å². The van der Waals surface area contributed by atoms with Crippen LogP contribution in [0.25, 0.3) is 0 Å². The summed E-state index contributed by atoms with van der Waals surface area (Å²) in [4.78, 5) is 24.3. The molecular weight excluding hydrogens is 284 g/mol.